The van der Waals surface area contributed by atoms with Gasteiger partial charge in [-0.05, 0) is 47.5 Å². The van der Waals surface area contributed by atoms with Crippen molar-refractivity contribution in [3.63, 3.8) is 0 Å². The third kappa shape index (κ3) is 4.06. The van der Waals surface area contributed by atoms with Crippen LogP contribution in [0.4, 0.5) is 0 Å². The maximum Gasteiger partial charge on any atom is 0.138 e. The van der Waals surface area contributed by atoms with E-state index >= 15 is 0 Å². The maximum absolute atomic E-state index is 5.98. The minimum atomic E-state index is 0.478. The van der Waals surface area contributed by atoms with Crippen LogP contribution < -0.4 is 4.74 Å². The first kappa shape index (κ1) is 21.9. The van der Waals surface area contributed by atoms with E-state index in [9.17, 15) is 0 Å². The van der Waals surface area contributed by atoms with Crippen LogP contribution in [0.15, 0.2) is 110 Å². The summed E-state index contributed by atoms with van der Waals surface area (Å²) in [6.45, 7) is 0.478. The molecule has 5 aromatic heterocycles. The maximum atomic E-state index is 5.98. The molecule has 2 aromatic carbocycles. The molecule has 7 rings (SSSR count). The highest BCUT2D eigenvalue weighted by molar-refractivity contribution is 6.00. The van der Waals surface area contributed by atoms with Gasteiger partial charge in [-0.15, -0.1) is 0 Å². The van der Waals surface area contributed by atoms with Gasteiger partial charge in [-0.2, -0.15) is 5.10 Å². The fourth-order valence-corrected chi connectivity index (χ4v) is 4.68. The number of hydrogen-bond donors (Lipinski definition) is 2. The van der Waals surface area contributed by atoms with Crippen molar-refractivity contribution >= 4 is 21.9 Å². The summed E-state index contributed by atoms with van der Waals surface area (Å²) in [5, 5.41) is 8.84. The molecule has 0 unspecified atom stereocenters. The quantitative estimate of drug-likeness (QED) is 0.265. The van der Waals surface area contributed by atoms with E-state index in [1.165, 1.54) is 0 Å². The minimum Gasteiger partial charge on any atom is -0.487 e. The lowest BCUT2D eigenvalue weighted by atomic mass is 10.0. The molecule has 7 heteroatoms. The number of nitrogens with zero attached hydrogens (tertiary/aromatic N) is 4. The number of aromatic nitrogens is 6. The summed E-state index contributed by atoms with van der Waals surface area (Å²) in [5.41, 5.74) is 9.29. The van der Waals surface area contributed by atoms with E-state index in [0.717, 1.165) is 61.3 Å². The Labute approximate surface area is 218 Å². The molecule has 0 bridgehead atoms. The van der Waals surface area contributed by atoms with Crippen LogP contribution in [0.5, 0.6) is 5.75 Å². The van der Waals surface area contributed by atoms with Crippen molar-refractivity contribution in [1.82, 2.24) is 30.1 Å². The van der Waals surface area contributed by atoms with Gasteiger partial charge in [0.1, 0.15) is 23.6 Å². The van der Waals surface area contributed by atoms with Crippen molar-refractivity contribution in [3.8, 4) is 39.5 Å². The van der Waals surface area contributed by atoms with Crippen LogP contribution in [-0.4, -0.2) is 30.1 Å². The second-order valence-corrected chi connectivity index (χ2v) is 9.04. The van der Waals surface area contributed by atoms with Crippen LogP contribution in [0, 0.1) is 0 Å². The zero-order chi connectivity index (χ0) is 25.3. The molecule has 0 atom stereocenters. The topological polar surface area (TPSA) is 92.4 Å². The number of rotatable bonds is 6. The number of fused-ring (bicyclic) bond motifs is 2. The Balaban J connectivity index is 1.24. The van der Waals surface area contributed by atoms with Crippen molar-refractivity contribution in [2.45, 2.75) is 6.61 Å². The second-order valence-electron chi connectivity index (χ2n) is 9.04. The molecule has 2 N–H and O–H groups in total. The molecule has 0 saturated carbocycles. The first-order valence-corrected chi connectivity index (χ1v) is 12.3. The van der Waals surface area contributed by atoms with Crippen molar-refractivity contribution in [2.24, 2.45) is 0 Å². The molecule has 0 radical (unpaired) electrons. The number of ether oxygens (including phenoxy) is 1. The van der Waals surface area contributed by atoms with Crippen LogP contribution in [0.2, 0.25) is 0 Å². The van der Waals surface area contributed by atoms with E-state index in [0.29, 0.717) is 12.4 Å². The van der Waals surface area contributed by atoms with Crippen molar-refractivity contribution < 1.29 is 4.74 Å². The number of pyridine rings is 3. The van der Waals surface area contributed by atoms with E-state index in [2.05, 4.69) is 49.4 Å². The average Bonchev–Trinajstić information content (AvgIpc) is 3.61. The number of benzene rings is 2. The van der Waals surface area contributed by atoms with E-state index in [4.69, 9.17) is 9.72 Å². The second kappa shape index (κ2) is 9.29. The lowest BCUT2D eigenvalue weighted by Gasteiger charge is -2.08. The van der Waals surface area contributed by atoms with Crippen LogP contribution in [0.3, 0.4) is 0 Å². The molecule has 0 aliphatic carbocycles. The van der Waals surface area contributed by atoms with Gasteiger partial charge in [-0.3, -0.25) is 15.1 Å². The van der Waals surface area contributed by atoms with Gasteiger partial charge in [-0.25, -0.2) is 4.98 Å². The van der Waals surface area contributed by atoms with Crippen molar-refractivity contribution in [2.75, 3.05) is 0 Å². The number of aromatic amines is 2. The first-order valence-electron chi connectivity index (χ1n) is 12.3. The van der Waals surface area contributed by atoms with Crippen LogP contribution in [-0.2, 0) is 6.61 Å². The van der Waals surface area contributed by atoms with Crippen molar-refractivity contribution in [1.29, 1.82) is 0 Å². The number of hydrogen-bond acceptors (Lipinski definition) is 5. The summed E-state index contributed by atoms with van der Waals surface area (Å²) in [6.07, 6.45) is 7.18. The van der Waals surface area contributed by atoms with Gasteiger partial charge in [-0.1, -0.05) is 48.5 Å². The highest BCUT2D eigenvalue weighted by atomic mass is 16.5. The Hall–Kier alpha value is -5.30. The van der Waals surface area contributed by atoms with Crippen LogP contribution in [0.1, 0.15) is 5.56 Å². The normalized spacial score (nSPS) is 11.3. The van der Waals surface area contributed by atoms with Crippen LogP contribution in [0.25, 0.3) is 55.7 Å². The van der Waals surface area contributed by atoms with E-state index < -0.39 is 0 Å². The SMILES string of the molecule is c1ccc(COc2cncc(-c3ccc4[nH]nc(-c5cc6c(-c7cccnc7)cccc6[nH]5)c4n3)c2)cc1. The summed E-state index contributed by atoms with van der Waals surface area (Å²) in [5.74, 6) is 0.694. The standard InChI is InChI=1S/C31H22N6O/c1-2-6-20(7-3-1)19-38-23-14-22(17-33-18-23)26-11-12-28-30(35-26)31(37-36-28)29-15-25-24(9-4-10-27(25)34-29)21-8-5-13-32-16-21/h1-18,34H,19H2,(H,36,37). The third-order valence-electron chi connectivity index (χ3n) is 6.56. The molecule has 7 aromatic rings. The Morgan fingerprint density at radius 3 is 2.55 bits per heavy atom. The van der Waals surface area contributed by atoms with Gasteiger partial charge < -0.3 is 9.72 Å². The predicted octanol–water partition coefficient (Wildman–Crippen LogP) is 6.81. The highest BCUT2D eigenvalue weighted by Crippen LogP contribution is 2.34. The summed E-state index contributed by atoms with van der Waals surface area (Å²) in [6, 6.07) is 28.4. The molecular formula is C31H22N6O. The molecule has 7 nitrogen and oxygen atoms in total. The monoisotopic (exact) mass is 494 g/mol. The zero-order valence-electron chi connectivity index (χ0n) is 20.3. The Bertz CT molecular complexity index is 1880. The smallest absolute Gasteiger partial charge is 0.138 e. The summed E-state index contributed by atoms with van der Waals surface area (Å²) in [4.78, 5) is 17.2. The number of H-pyrrole nitrogens is 2. The molecule has 0 spiro atoms. The summed E-state index contributed by atoms with van der Waals surface area (Å²) < 4.78 is 5.98. The molecule has 182 valence electrons. The van der Waals surface area contributed by atoms with Gasteiger partial charge >= 0.3 is 0 Å². The highest BCUT2D eigenvalue weighted by Gasteiger charge is 2.15. The molecule has 38 heavy (non-hydrogen) atoms. The van der Waals surface area contributed by atoms with Gasteiger partial charge in [0.15, 0.2) is 0 Å². The lowest BCUT2D eigenvalue weighted by Crippen LogP contribution is -1.96. The summed E-state index contributed by atoms with van der Waals surface area (Å²) >= 11 is 0. The van der Waals surface area contributed by atoms with Crippen molar-refractivity contribution in [3.05, 3.63) is 115 Å². The summed E-state index contributed by atoms with van der Waals surface area (Å²) in [7, 11) is 0. The number of nitrogens with one attached hydrogen (secondary N) is 2. The average molecular weight is 495 g/mol. The fourth-order valence-electron chi connectivity index (χ4n) is 4.68. The van der Waals surface area contributed by atoms with E-state index in [1.54, 1.807) is 18.6 Å². The third-order valence-corrected chi connectivity index (χ3v) is 6.56. The Kier molecular flexibility index (Phi) is 5.37. The molecule has 0 aliphatic rings. The zero-order valence-corrected chi connectivity index (χ0v) is 20.3. The van der Waals surface area contributed by atoms with E-state index in [1.807, 2.05) is 66.9 Å². The Morgan fingerprint density at radius 1 is 0.737 bits per heavy atom. The molecule has 5 heterocycles. The molecule has 0 amide bonds. The van der Waals surface area contributed by atoms with E-state index in [-0.39, 0.29) is 0 Å². The lowest BCUT2D eigenvalue weighted by molar-refractivity contribution is 0.305. The molecule has 0 aliphatic heterocycles. The molecule has 0 saturated heterocycles. The van der Waals surface area contributed by atoms with Gasteiger partial charge in [0.05, 0.1) is 23.1 Å². The molecule has 0 fully saturated rings. The minimum absolute atomic E-state index is 0.478. The largest absolute Gasteiger partial charge is 0.487 e. The fraction of sp³-hybridized carbons (Fsp3) is 0.0323. The Morgan fingerprint density at radius 2 is 1.66 bits per heavy atom. The predicted molar refractivity (Wildman–Crippen MR) is 148 cm³/mol. The van der Waals surface area contributed by atoms with Crippen LogP contribution >= 0.6 is 0 Å². The van der Waals surface area contributed by atoms with Gasteiger partial charge in [0, 0.05) is 40.6 Å². The first-order chi connectivity index (χ1) is 18.8. The van der Waals surface area contributed by atoms with Gasteiger partial charge in [0.25, 0.3) is 0 Å². The molecular weight excluding hydrogens is 472 g/mol. The van der Waals surface area contributed by atoms with Gasteiger partial charge in [0.2, 0.25) is 0 Å².